The van der Waals surface area contributed by atoms with Crippen LogP contribution in [0.25, 0.3) is 21.4 Å². The average Bonchev–Trinajstić information content (AvgIpc) is 4.19. The number of β-amino-alcohol motifs (C(OH)–C–C–N with tert-alkyl or cyclic N) is 1. The van der Waals surface area contributed by atoms with Crippen LogP contribution >= 0.6 is 34.3 Å². The molecule has 0 bridgehead atoms. The van der Waals surface area contributed by atoms with Crippen LogP contribution in [0.5, 0.6) is 5.75 Å². The molecule has 380 valence electrons. The zero-order valence-corrected chi connectivity index (χ0v) is 44.6. The number of hydrogen-bond acceptors (Lipinski definition) is 12. The monoisotopic (exact) mass is 1040 g/mol. The van der Waals surface area contributed by atoms with Crippen molar-refractivity contribution in [1.29, 1.82) is 0 Å². The number of aliphatic hydroxyl groups excluding tert-OH is 1. The van der Waals surface area contributed by atoms with E-state index >= 15 is 0 Å². The number of aromatic amines is 1. The largest absolute Gasteiger partial charge is 0.489 e. The van der Waals surface area contributed by atoms with E-state index in [2.05, 4.69) is 45.0 Å². The Morgan fingerprint density at radius 1 is 0.959 bits per heavy atom. The number of rotatable bonds is 14. The summed E-state index contributed by atoms with van der Waals surface area (Å²) in [4.78, 5) is 69.1. The molecule has 15 nitrogen and oxygen atoms in total. The Balaban J connectivity index is 0.824. The van der Waals surface area contributed by atoms with Crippen molar-refractivity contribution in [2.45, 2.75) is 117 Å². The van der Waals surface area contributed by atoms with Crippen molar-refractivity contribution in [3.05, 3.63) is 127 Å². The van der Waals surface area contributed by atoms with Gasteiger partial charge in [0.15, 0.2) is 11.5 Å². The quantitative estimate of drug-likeness (QED) is 0.0836. The fourth-order valence-corrected chi connectivity index (χ4v) is 12.0. The summed E-state index contributed by atoms with van der Waals surface area (Å²) in [6, 6.07) is 19.4. The van der Waals surface area contributed by atoms with Gasteiger partial charge in [0.1, 0.15) is 40.4 Å². The highest BCUT2D eigenvalue weighted by Gasteiger charge is 2.45. The molecule has 0 spiro atoms. The summed E-state index contributed by atoms with van der Waals surface area (Å²) in [6.07, 6.45) is -1.26. The van der Waals surface area contributed by atoms with Gasteiger partial charge in [-0.25, -0.2) is 4.98 Å². The van der Waals surface area contributed by atoms with Gasteiger partial charge in [0.05, 0.1) is 48.2 Å². The number of nitrogens with zero attached hydrogens (tertiary/aromatic N) is 4. The van der Waals surface area contributed by atoms with Crippen LogP contribution in [0.15, 0.2) is 97.9 Å². The summed E-state index contributed by atoms with van der Waals surface area (Å²) in [6.45, 7) is 17.5. The predicted molar refractivity (Wildman–Crippen MR) is 286 cm³/mol. The van der Waals surface area contributed by atoms with Gasteiger partial charge in [0.2, 0.25) is 23.2 Å². The molecule has 9 rings (SSSR count). The van der Waals surface area contributed by atoms with Gasteiger partial charge in [-0.1, -0.05) is 80.1 Å². The first-order valence-electron chi connectivity index (χ1n) is 24.4. The number of H-pyrrole nitrogens is 1. The maximum atomic E-state index is 14.4. The number of nitrogens with one attached hydrogen (secondary N) is 4. The Morgan fingerprint density at radius 3 is 2.38 bits per heavy atom. The second kappa shape index (κ2) is 20.8. The fraction of sp³-hybridized carbons (Fsp3) is 0.382. The number of thiazole rings is 1. The molecule has 73 heavy (non-hydrogen) atoms. The van der Waals surface area contributed by atoms with Crippen LogP contribution in [0.4, 0.5) is 0 Å². The Hall–Kier alpha value is -6.53. The minimum absolute atomic E-state index is 0.0205. The Morgan fingerprint density at radius 2 is 1.68 bits per heavy atom. The van der Waals surface area contributed by atoms with Crippen LogP contribution in [-0.4, -0.2) is 94.2 Å². The van der Waals surface area contributed by atoms with Crippen LogP contribution in [0.3, 0.4) is 0 Å². The zero-order valence-electron chi connectivity index (χ0n) is 42.3. The van der Waals surface area contributed by atoms with Gasteiger partial charge < -0.3 is 35.1 Å². The van der Waals surface area contributed by atoms with Crippen molar-refractivity contribution < 1.29 is 38.4 Å². The number of carbonyl (C=O) groups is 4. The number of aliphatic hydroxyl groups is 1. The molecule has 3 aromatic heterocycles. The standard InChI is InChI=1S/C55H59ClN8O7S2/c1-27(24-57-44(66)23-40-48-46(30(4)62-63-48)50-45(28(2)32(6)73-50)47(60-40)34-14-17-37(56)18-15-34)70-39-19-16-36-20-43(71-42(36)22-39)53(68)61-51(55(7,8)9)54(69)64-25-38(65)21-41(64)52(67)59-29(3)33-10-12-35(13-11-33)49-31(5)58-26-72-49/h10-20,22,26-27,29,38,40-41,46,51,65H,21,23-25H2,1-9H3,(H,57,66)(H,59,67)(H,61,68)/p+1/t27-,29+,38-,40+,41+,46?,51-/m1/s1. The van der Waals surface area contributed by atoms with E-state index in [1.54, 1.807) is 46.9 Å². The second-order valence-corrected chi connectivity index (χ2v) is 22.9. The van der Waals surface area contributed by atoms with E-state index in [0.29, 0.717) is 21.7 Å². The first-order valence-corrected chi connectivity index (χ1v) is 26.5. The molecule has 6 aromatic rings. The molecule has 4 amide bonds. The summed E-state index contributed by atoms with van der Waals surface area (Å²) in [5, 5.41) is 30.0. The van der Waals surface area contributed by atoms with Crippen molar-refractivity contribution in [3.63, 3.8) is 0 Å². The fourth-order valence-electron chi connectivity index (χ4n) is 9.69. The molecule has 0 saturated carbocycles. The average molecular weight is 1040 g/mol. The molecule has 1 unspecified atom stereocenters. The van der Waals surface area contributed by atoms with E-state index in [9.17, 15) is 24.3 Å². The van der Waals surface area contributed by atoms with E-state index in [1.807, 2.05) is 103 Å². The highest BCUT2D eigenvalue weighted by molar-refractivity contribution is 7.13. The van der Waals surface area contributed by atoms with E-state index in [4.69, 9.17) is 25.7 Å². The number of benzene rings is 3. The number of hydrogen-bond donors (Lipinski definition) is 4. The first kappa shape index (κ1) is 51.4. The third kappa shape index (κ3) is 10.8. The summed E-state index contributed by atoms with van der Waals surface area (Å²) < 4.78 is 12.3. The number of aliphatic imine (C=N–C) groups is 1. The maximum Gasteiger partial charge on any atom is 0.287 e. The van der Waals surface area contributed by atoms with Crippen LogP contribution in [0.2, 0.25) is 5.02 Å². The lowest BCUT2D eigenvalue weighted by molar-refractivity contribution is -0.379. The number of halogens is 1. The predicted octanol–water partition coefficient (Wildman–Crippen LogP) is 8.71. The molecule has 1 fully saturated rings. The summed E-state index contributed by atoms with van der Waals surface area (Å²) >= 11 is 9.62. The SMILES string of the molecule is CC1=NN=C2C1c1sc(C)c(C)c1C(c1ccc(Cl)cc1)=N[C@H]2CC(=O)NC[C@@H](C)Oc1ccc2cc(C(=O)N[C@H](C(=O)N3C[C@H](O)C[C@H]3C(=O)N[C@@H](C)c3ccc(-c4sc[nH+]c4C)cc3)C(C)(C)C)oc2c1. The van der Waals surface area contributed by atoms with Gasteiger partial charge in [-0.3, -0.25) is 24.2 Å². The number of aromatic nitrogens is 1. The van der Waals surface area contributed by atoms with Gasteiger partial charge in [-0.15, -0.1) is 11.3 Å². The number of carbonyl (C=O) groups excluding carboxylic acids is 4. The van der Waals surface area contributed by atoms with Crippen LogP contribution in [-0.2, 0) is 14.4 Å². The number of thiophene rings is 1. The lowest BCUT2D eigenvalue weighted by atomic mass is 9.85. The molecular formula is C55H60ClN8O7S2+. The van der Waals surface area contributed by atoms with Gasteiger partial charge in [0.25, 0.3) is 5.91 Å². The van der Waals surface area contributed by atoms with Gasteiger partial charge in [0, 0.05) is 57.2 Å². The molecule has 3 aromatic carbocycles. The first-order chi connectivity index (χ1) is 34.7. The molecule has 3 aliphatic rings. The number of likely N-dealkylation sites (tertiary alicyclic amines) is 1. The van der Waals surface area contributed by atoms with Crippen LogP contribution < -0.4 is 25.7 Å². The van der Waals surface area contributed by atoms with Crippen LogP contribution in [0, 0.1) is 26.2 Å². The number of ether oxygens (including phenoxy) is 1. The van der Waals surface area contributed by atoms with Crippen molar-refractivity contribution >= 4 is 86.0 Å². The van der Waals surface area contributed by atoms with E-state index in [1.165, 1.54) is 9.78 Å². The minimum Gasteiger partial charge on any atom is -0.489 e. The Kier molecular flexibility index (Phi) is 14.6. The number of amides is 4. The Labute approximate surface area is 437 Å². The number of aryl methyl sites for hydroxylation is 2. The van der Waals surface area contributed by atoms with Gasteiger partial charge >= 0.3 is 0 Å². The van der Waals surface area contributed by atoms with E-state index < -0.39 is 53.5 Å². The normalized spacial score (nSPS) is 19.7. The second-order valence-electron chi connectivity index (χ2n) is 20.3. The third-order valence-electron chi connectivity index (χ3n) is 13.8. The van der Waals surface area contributed by atoms with Gasteiger partial charge in [-0.2, -0.15) is 10.2 Å². The lowest BCUT2D eigenvalue weighted by Crippen LogP contribution is -2.57. The molecule has 3 aliphatic heterocycles. The molecular weight excluding hydrogens is 984 g/mol. The number of fused-ring (bicyclic) bond motifs is 4. The van der Waals surface area contributed by atoms with Crippen molar-refractivity contribution in [2.24, 2.45) is 20.6 Å². The number of furan rings is 1. The lowest BCUT2D eigenvalue weighted by Gasteiger charge is -2.35. The highest BCUT2D eigenvalue weighted by Crippen LogP contribution is 2.42. The highest BCUT2D eigenvalue weighted by atomic mass is 35.5. The van der Waals surface area contributed by atoms with Crippen molar-refractivity contribution in [2.75, 3.05) is 13.1 Å². The topological polar surface area (TPSA) is 201 Å². The zero-order chi connectivity index (χ0) is 52.0. The van der Waals surface area contributed by atoms with E-state index in [0.717, 1.165) is 60.4 Å². The third-order valence-corrected chi connectivity index (χ3v) is 16.3. The molecule has 6 heterocycles. The van der Waals surface area contributed by atoms with Gasteiger partial charge in [-0.05, 0) is 87.1 Å². The van der Waals surface area contributed by atoms with Crippen molar-refractivity contribution in [1.82, 2.24) is 20.9 Å². The Bertz CT molecular complexity index is 3200. The molecule has 0 aliphatic carbocycles. The minimum atomic E-state index is -1.07. The molecule has 5 N–H and O–H groups in total. The smallest absolute Gasteiger partial charge is 0.287 e. The summed E-state index contributed by atoms with van der Waals surface area (Å²) in [5.41, 5.74) is 10.1. The summed E-state index contributed by atoms with van der Waals surface area (Å²) in [7, 11) is 0. The summed E-state index contributed by atoms with van der Waals surface area (Å²) in [5.74, 6) is -1.45. The van der Waals surface area contributed by atoms with Crippen LogP contribution in [0.1, 0.15) is 115 Å². The van der Waals surface area contributed by atoms with Crippen molar-refractivity contribution in [3.8, 4) is 16.2 Å². The molecule has 1 saturated heterocycles. The molecule has 7 atom stereocenters. The van der Waals surface area contributed by atoms with E-state index in [-0.39, 0.29) is 49.6 Å². The molecule has 0 radical (unpaired) electrons. The molecule has 18 heteroatoms. The maximum absolute atomic E-state index is 14.4.